The number of hydrogen-bond acceptors (Lipinski definition) is 5. The molecule has 0 saturated carbocycles. The van der Waals surface area contributed by atoms with Crippen molar-refractivity contribution in [3.63, 3.8) is 0 Å². The molecule has 0 fully saturated rings. The summed E-state index contributed by atoms with van der Waals surface area (Å²) in [6.07, 6.45) is 0. The Hall–Kier alpha value is -2.04. The highest BCUT2D eigenvalue weighted by atomic mass is 16.5. The molecule has 0 aliphatic carbocycles. The lowest BCUT2D eigenvalue weighted by atomic mass is 10.3. The minimum absolute atomic E-state index is 0.0245. The molecule has 0 radical (unpaired) electrons. The summed E-state index contributed by atoms with van der Waals surface area (Å²) in [4.78, 5) is 24.7. The van der Waals surface area contributed by atoms with Gasteiger partial charge >= 0.3 is 11.9 Å². The Labute approximate surface area is 113 Å². The fourth-order valence-electron chi connectivity index (χ4n) is 1.60. The first-order chi connectivity index (χ1) is 9.17. The molecule has 5 heteroatoms. The van der Waals surface area contributed by atoms with Crippen molar-refractivity contribution in [3.8, 4) is 0 Å². The number of para-hydroxylation sites is 1. The van der Waals surface area contributed by atoms with Crippen LogP contribution in [-0.4, -0.2) is 38.2 Å². The summed E-state index contributed by atoms with van der Waals surface area (Å²) in [6, 6.07) is 9.23. The first-order valence-corrected chi connectivity index (χ1v) is 6.28. The van der Waals surface area contributed by atoms with Gasteiger partial charge in [-0.05, 0) is 26.0 Å². The molecule has 0 spiro atoms. The summed E-state index contributed by atoms with van der Waals surface area (Å²) < 4.78 is 9.81. The number of carbonyl (C=O) groups excluding carboxylic acids is 2. The highest BCUT2D eigenvalue weighted by Crippen LogP contribution is 2.13. The molecule has 0 amide bonds. The molecule has 0 N–H and O–H groups in total. The maximum absolute atomic E-state index is 11.6. The van der Waals surface area contributed by atoms with Crippen LogP contribution < -0.4 is 4.90 Å². The van der Waals surface area contributed by atoms with Gasteiger partial charge < -0.3 is 14.4 Å². The minimum atomic E-state index is -0.365. The Bertz CT molecular complexity index is 385. The molecule has 1 aromatic rings. The van der Waals surface area contributed by atoms with E-state index in [1.165, 1.54) is 0 Å². The Morgan fingerprint density at radius 3 is 1.84 bits per heavy atom. The van der Waals surface area contributed by atoms with E-state index in [2.05, 4.69) is 0 Å². The fourth-order valence-corrected chi connectivity index (χ4v) is 1.60. The molecule has 0 aliphatic heterocycles. The molecule has 0 unspecified atom stereocenters. The van der Waals surface area contributed by atoms with Crippen molar-refractivity contribution in [2.45, 2.75) is 13.8 Å². The Kier molecular flexibility index (Phi) is 6.43. The molecule has 104 valence electrons. The number of nitrogens with zero attached hydrogens (tertiary/aromatic N) is 1. The number of benzene rings is 1. The lowest BCUT2D eigenvalue weighted by molar-refractivity contribution is -0.142. The maximum Gasteiger partial charge on any atom is 0.325 e. The number of ether oxygens (including phenoxy) is 2. The van der Waals surface area contributed by atoms with Crippen LogP contribution in [0.2, 0.25) is 0 Å². The Morgan fingerprint density at radius 2 is 1.42 bits per heavy atom. The monoisotopic (exact) mass is 265 g/mol. The highest BCUT2D eigenvalue weighted by Gasteiger charge is 2.16. The van der Waals surface area contributed by atoms with Crippen molar-refractivity contribution >= 4 is 17.6 Å². The molecule has 0 bridgehead atoms. The first-order valence-electron chi connectivity index (χ1n) is 6.28. The van der Waals surface area contributed by atoms with E-state index < -0.39 is 0 Å². The van der Waals surface area contributed by atoms with Crippen LogP contribution in [0.1, 0.15) is 13.8 Å². The van der Waals surface area contributed by atoms with Gasteiger partial charge in [-0.3, -0.25) is 9.59 Å². The molecule has 0 heterocycles. The first kappa shape index (κ1) is 15.0. The summed E-state index contributed by atoms with van der Waals surface area (Å²) >= 11 is 0. The number of carbonyl (C=O) groups is 2. The van der Waals surface area contributed by atoms with Gasteiger partial charge in [-0.1, -0.05) is 18.2 Å². The number of esters is 2. The van der Waals surface area contributed by atoms with Gasteiger partial charge in [-0.2, -0.15) is 0 Å². The standard InChI is InChI=1S/C14H19NO4/c1-3-18-13(16)10-15(11-14(17)19-4-2)12-8-6-5-7-9-12/h5-9H,3-4,10-11H2,1-2H3. The van der Waals surface area contributed by atoms with Crippen molar-refractivity contribution in [1.82, 2.24) is 0 Å². The van der Waals surface area contributed by atoms with Crippen molar-refractivity contribution in [2.75, 3.05) is 31.2 Å². The van der Waals surface area contributed by atoms with E-state index in [1.54, 1.807) is 18.7 Å². The molecule has 1 rings (SSSR count). The zero-order valence-corrected chi connectivity index (χ0v) is 11.3. The van der Waals surface area contributed by atoms with Crippen LogP contribution in [0.5, 0.6) is 0 Å². The predicted octanol–water partition coefficient (Wildman–Crippen LogP) is 1.62. The Morgan fingerprint density at radius 1 is 0.947 bits per heavy atom. The van der Waals surface area contributed by atoms with Gasteiger partial charge in [0.15, 0.2) is 0 Å². The van der Waals surface area contributed by atoms with E-state index in [0.717, 1.165) is 5.69 Å². The summed E-state index contributed by atoms with van der Waals surface area (Å²) in [6.45, 7) is 4.18. The lowest BCUT2D eigenvalue weighted by Gasteiger charge is -2.22. The molecule has 5 nitrogen and oxygen atoms in total. The number of anilines is 1. The summed E-state index contributed by atoms with van der Waals surface area (Å²) in [5.74, 6) is -0.730. The number of rotatable bonds is 7. The fraction of sp³-hybridized carbons (Fsp3) is 0.429. The maximum atomic E-state index is 11.6. The zero-order chi connectivity index (χ0) is 14.1. The van der Waals surface area contributed by atoms with Gasteiger partial charge in [0.1, 0.15) is 13.1 Å². The van der Waals surface area contributed by atoms with Crippen molar-refractivity contribution in [1.29, 1.82) is 0 Å². The molecule has 0 atom stereocenters. The second kappa shape index (κ2) is 8.13. The quantitative estimate of drug-likeness (QED) is 0.701. The average molecular weight is 265 g/mol. The van der Waals surface area contributed by atoms with Crippen LogP contribution in [0.4, 0.5) is 5.69 Å². The SMILES string of the molecule is CCOC(=O)CN(CC(=O)OCC)c1ccccc1. The van der Waals surface area contributed by atoms with E-state index in [0.29, 0.717) is 13.2 Å². The normalized spacial score (nSPS) is 9.79. The molecule has 1 aromatic carbocycles. The predicted molar refractivity (Wildman–Crippen MR) is 71.9 cm³/mol. The third-order valence-electron chi connectivity index (χ3n) is 2.37. The smallest absolute Gasteiger partial charge is 0.325 e. The largest absolute Gasteiger partial charge is 0.465 e. The van der Waals surface area contributed by atoms with Gasteiger partial charge in [-0.25, -0.2) is 0 Å². The highest BCUT2D eigenvalue weighted by molar-refractivity contribution is 5.81. The lowest BCUT2D eigenvalue weighted by Crippen LogP contribution is -2.36. The van der Waals surface area contributed by atoms with Crippen molar-refractivity contribution in [2.24, 2.45) is 0 Å². The van der Waals surface area contributed by atoms with Crippen molar-refractivity contribution in [3.05, 3.63) is 30.3 Å². The van der Waals surface area contributed by atoms with Gasteiger partial charge in [-0.15, -0.1) is 0 Å². The Balaban J connectivity index is 2.73. The summed E-state index contributed by atoms with van der Waals surface area (Å²) in [7, 11) is 0. The number of hydrogen-bond donors (Lipinski definition) is 0. The van der Waals surface area contributed by atoms with Crippen LogP contribution in [0.25, 0.3) is 0 Å². The molecular weight excluding hydrogens is 246 g/mol. The molecule has 0 aliphatic rings. The van der Waals surface area contributed by atoms with Crippen molar-refractivity contribution < 1.29 is 19.1 Å². The summed E-state index contributed by atoms with van der Waals surface area (Å²) in [5.41, 5.74) is 0.781. The van der Waals surface area contributed by atoms with E-state index in [-0.39, 0.29) is 25.0 Å². The topological polar surface area (TPSA) is 55.8 Å². The molecular formula is C14H19NO4. The van der Waals surface area contributed by atoms with E-state index in [1.807, 2.05) is 30.3 Å². The van der Waals surface area contributed by atoms with Gasteiger partial charge in [0.2, 0.25) is 0 Å². The van der Waals surface area contributed by atoms with E-state index in [9.17, 15) is 9.59 Å². The van der Waals surface area contributed by atoms with Crippen LogP contribution in [0.15, 0.2) is 30.3 Å². The second-order valence-electron chi connectivity index (χ2n) is 3.80. The minimum Gasteiger partial charge on any atom is -0.465 e. The average Bonchev–Trinajstić information content (AvgIpc) is 2.39. The molecule has 0 aromatic heterocycles. The van der Waals surface area contributed by atoms with E-state index >= 15 is 0 Å². The van der Waals surface area contributed by atoms with E-state index in [4.69, 9.17) is 9.47 Å². The van der Waals surface area contributed by atoms with Gasteiger partial charge in [0.05, 0.1) is 13.2 Å². The molecule has 0 saturated heterocycles. The van der Waals surface area contributed by atoms with Crippen LogP contribution in [0, 0.1) is 0 Å². The third kappa shape index (κ3) is 5.42. The van der Waals surface area contributed by atoms with Crippen LogP contribution >= 0.6 is 0 Å². The molecule has 19 heavy (non-hydrogen) atoms. The third-order valence-corrected chi connectivity index (χ3v) is 2.37. The van der Waals surface area contributed by atoms with Crippen LogP contribution in [0.3, 0.4) is 0 Å². The zero-order valence-electron chi connectivity index (χ0n) is 11.3. The second-order valence-corrected chi connectivity index (χ2v) is 3.80. The summed E-state index contributed by atoms with van der Waals surface area (Å²) in [5, 5.41) is 0. The van der Waals surface area contributed by atoms with Gasteiger partial charge in [0, 0.05) is 5.69 Å². The van der Waals surface area contributed by atoms with Crippen LogP contribution in [-0.2, 0) is 19.1 Å². The van der Waals surface area contributed by atoms with Gasteiger partial charge in [0.25, 0.3) is 0 Å².